The van der Waals surface area contributed by atoms with Crippen molar-refractivity contribution in [3.63, 3.8) is 0 Å². The first-order valence-electron chi connectivity index (χ1n) is 8.39. The van der Waals surface area contributed by atoms with E-state index in [4.69, 9.17) is 15.6 Å². The summed E-state index contributed by atoms with van der Waals surface area (Å²) in [6, 6.07) is 7.48. The van der Waals surface area contributed by atoms with Gasteiger partial charge >= 0.3 is 0 Å². The molecule has 130 valence electrons. The van der Waals surface area contributed by atoms with Crippen molar-refractivity contribution in [1.29, 1.82) is 0 Å². The van der Waals surface area contributed by atoms with Crippen LogP contribution in [-0.2, 0) is 11.2 Å². The van der Waals surface area contributed by atoms with E-state index in [0.717, 1.165) is 58.4 Å². The number of carbonyl (C=O) groups is 1. The molecule has 5 nitrogen and oxygen atoms in total. The first-order chi connectivity index (χ1) is 11.1. The third-order valence-electron chi connectivity index (χ3n) is 3.80. The second-order valence-electron chi connectivity index (χ2n) is 5.86. The Hall–Kier alpha value is -1.43. The van der Waals surface area contributed by atoms with Crippen LogP contribution in [0.1, 0.15) is 41.6 Å². The van der Waals surface area contributed by atoms with Gasteiger partial charge in [-0.2, -0.15) is 0 Å². The van der Waals surface area contributed by atoms with Gasteiger partial charge in [0.1, 0.15) is 0 Å². The van der Waals surface area contributed by atoms with Gasteiger partial charge in [0.05, 0.1) is 6.61 Å². The Kier molecular flexibility index (Phi) is 10.3. The molecule has 1 aromatic rings. The molecule has 3 N–H and O–H groups in total. The molecule has 5 heteroatoms. The van der Waals surface area contributed by atoms with Crippen molar-refractivity contribution >= 4 is 5.91 Å². The van der Waals surface area contributed by atoms with Crippen LogP contribution in [0.4, 0.5) is 0 Å². The Bertz CT molecular complexity index is 434. The van der Waals surface area contributed by atoms with Crippen molar-refractivity contribution in [2.75, 3.05) is 40.0 Å². The molecular formula is C18H30N2O3. The minimum atomic E-state index is -0.382. The largest absolute Gasteiger partial charge is 0.395 e. The lowest BCUT2D eigenvalue weighted by atomic mass is 10.1. The minimum Gasteiger partial charge on any atom is -0.395 e. The maximum absolute atomic E-state index is 11.0. The second kappa shape index (κ2) is 12.0. The highest BCUT2D eigenvalue weighted by molar-refractivity contribution is 5.92. The normalized spacial score (nSPS) is 11.1. The van der Waals surface area contributed by atoms with Gasteiger partial charge in [-0.3, -0.25) is 4.79 Å². The molecule has 0 radical (unpaired) electrons. The molecular weight excluding hydrogens is 292 g/mol. The van der Waals surface area contributed by atoms with Crippen molar-refractivity contribution in [3.8, 4) is 0 Å². The Morgan fingerprint density at radius 3 is 2.35 bits per heavy atom. The van der Waals surface area contributed by atoms with Gasteiger partial charge in [0.25, 0.3) is 0 Å². The molecule has 0 aliphatic heterocycles. The topological polar surface area (TPSA) is 75.8 Å². The monoisotopic (exact) mass is 322 g/mol. The molecule has 1 amide bonds. The van der Waals surface area contributed by atoms with E-state index in [1.54, 1.807) is 12.1 Å². The van der Waals surface area contributed by atoms with Crippen LogP contribution < -0.4 is 5.73 Å². The number of hydrogen-bond donors (Lipinski definition) is 2. The average Bonchev–Trinajstić information content (AvgIpc) is 2.54. The first kappa shape index (κ1) is 19.6. The molecule has 0 atom stereocenters. The zero-order chi connectivity index (χ0) is 16.9. The predicted molar refractivity (Wildman–Crippen MR) is 92.5 cm³/mol. The SMILES string of the molecule is CN(CCO)CCCCOCCCCc1ccc(C(N)=O)cc1. The van der Waals surface area contributed by atoms with Crippen LogP contribution in [-0.4, -0.2) is 55.9 Å². The van der Waals surface area contributed by atoms with E-state index in [0.29, 0.717) is 5.56 Å². The number of aliphatic hydroxyl groups excluding tert-OH is 1. The molecule has 0 saturated carbocycles. The number of nitrogens with zero attached hydrogens (tertiary/aromatic N) is 1. The summed E-state index contributed by atoms with van der Waals surface area (Å²) >= 11 is 0. The summed E-state index contributed by atoms with van der Waals surface area (Å²) in [6.07, 6.45) is 5.28. The molecule has 0 aromatic heterocycles. The van der Waals surface area contributed by atoms with Crippen LogP contribution in [0.25, 0.3) is 0 Å². The first-order valence-corrected chi connectivity index (χ1v) is 8.39. The number of aliphatic hydroxyl groups is 1. The summed E-state index contributed by atoms with van der Waals surface area (Å²) < 4.78 is 5.63. The molecule has 0 fully saturated rings. The Labute approximate surface area is 139 Å². The van der Waals surface area contributed by atoms with Crippen molar-refractivity contribution < 1.29 is 14.6 Å². The second-order valence-corrected chi connectivity index (χ2v) is 5.86. The van der Waals surface area contributed by atoms with Crippen molar-refractivity contribution in [1.82, 2.24) is 4.90 Å². The highest BCUT2D eigenvalue weighted by atomic mass is 16.5. The summed E-state index contributed by atoms with van der Waals surface area (Å²) in [5.74, 6) is -0.382. The van der Waals surface area contributed by atoms with Crippen LogP contribution >= 0.6 is 0 Å². The zero-order valence-electron chi connectivity index (χ0n) is 14.2. The van der Waals surface area contributed by atoms with Crippen LogP contribution in [0.5, 0.6) is 0 Å². The quantitative estimate of drug-likeness (QED) is 0.543. The number of primary amides is 1. The maximum Gasteiger partial charge on any atom is 0.248 e. The minimum absolute atomic E-state index is 0.220. The molecule has 1 rings (SSSR count). The van der Waals surface area contributed by atoms with E-state index in [1.165, 1.54) is 5.56 Å². The smallest absolute Gasteiger partial charge is 0.248 e. The lowest BCUT2D eigenvalue weighted by Crippen LogP contribution is -2.23. The van der Waals surface area contributed by atoms with E-state index in [2.05, 4.69) is 4.90 Å². The number of amides is 1. The summed E-state index contributed by atoms with van der Waals surface area (Å²) in [6.45, 7) is 3.57. The predicted octanol–water partition coefficient (Wildman–Crippen LogP) is 1.83. The number of hydrogen-bond acceptors (Lipinski definition) is 4. The third kappa shape index (κ3) is 9.33. The summed E-state index contributed by atoms with van der Waals surface area (Å²) in [7, 11) is 2.02. The van der Waals surface area contributed by atoms with Crippen LogP contribution in [0.15, 0.2) is 24.3 Å². The van der Waals surface area contributed by atoms with Crippen LogP contribution in [0.3, 0.4) is 0 Å². The maximum atomic E-state index is 11.0. The van der Waals surface area contributed by atoms with Gasteiger partial charge in [-0.15, -0.1) is 0 Å². The average molecular weight is 322 g/mol. The molecule has 0 aliphatic carbocycles. The summed E-state index contributed by atoms with van der Waals surface area (Å²) in [4.78, 5) is 13.1. The number of benzene rings is 1. The van der Waals surface area contributed by atoms with Crippen LogP contribution in [0.2, 0.25) is 0 Å². The van der Waals surface area contributed by atoms with Crippen molar-refractivity contribution in [3.05, 3.63) is 35.4 Å². The van der Waals surface area contributed by atoms with Gasteiger partial charge < -0.3 is 20.5 Å². The van der Waals surface area contributed by atoms with Crippen molar-refractivity contribution in [2.24, 2.45) is 5.73 Å². The number of likely N-dealkylation sites (N-methyl/N-ethyl adjacent to an activating group) is 1. The molecule has 0 saturated heterocycles. The fourth-order valence-corrected chi connectivity index (χ4v) is 2.34. The van der Waals surface area contributed by atoms with Gasteiger partial charge in [0, 0.05) is 25.3 Å². The molecule has 0 aliphatic rings. The number of carbonyl (C=O) groups excluding carboxylic acids is 1. The fraction of sp³-hybridized carbons (Fsp3) is 0.611. The van der Waals surface area contributed by atoms with E-state index in [-0.39, 0.29) is 12.5 Å². The molecule has 0 heterocycles. The van der Waals surface area contributed by atoms with E-state index < -0.39 is 0 Å². The zero-order valence-corrected chi connectivity index (χ0v) is 14.2. The number of ether oxygens (including phenoxy) is 1. The molecule has 0 unspecified atom stereocenters. The van der Waals surface area contributed by atoms with Gasteiger partial charge in [-0.05, 0) is 63.4 Å². The number of aryl methyl sites for hydroxylation is 1. The lowest BCUT2D eigenvalue weighted by molar-refractivity contribution is 0.100. The lowest BCUT2D eigenvalue weighted by Gasteiger charge is -2.14. The van der Waals surface area contributed by atoms with Gasteiger partial charge in [-0.25, -0.2) is 0 Å². The van der Waals surface area contributed by atoms with Gasteiger partial charge in [0.2, 0.25) is 5.91 Å². The van der Waals surface area contributed by atoms with E-state index in [9.17, 15) is 4.79 Å². The number of nitrogens with two attached hydrogens (primary N) is 1. The van der Waals surface area contributed by atoms with E-state index in [1.807, 2.05) is 19.2 Å². The van der Waals surface area contributed by atoms with Gasteiger partial charge in [0.15, 0.2) is 0 Å². The standard InChI is InChI=1S/C18H30N2O3/c1-20(12-13-21)11-3-5-15-23-14-4-2-6-16-7-9-17(10-8-16)18(19)22/h7-10,21H,2-6,11-15H2,1H3,(H2,19,22). The molecule has 23 heavy (non-hydrogen) atoms. The summed E-state index contributed by atoms with van der Waals surface area (Å²) in [5.41, 5.74) is 7.00. The fourth-order valence-electron chi connectivity index (χ4n) is 2.34. The third-order valence-corrected chi connectivity index (χ3v) is 3.80. The van der Waals surface area contributed by atoms with Crippen molar-refractivity contribution in [2.45, 2.75) is 32.1 Å². The molecule has 0 spiro atoms. The Balaban J connectivity index is 1.96. The van der Waals surface area contributed by atoms with Crippen LogP contribution in [0, 0.1) is 0 Å². The highest BCUT2D eigenvalue weighted by Crippen LogP contribution is 2.08. The number of unbranched alkanes of at least 4 members (excludes halogenated alkanes) is 2. The Morgan fingerprint density at radius 1 is 1.09 bits per heavy atom. The highest BCUT2D eigenvalue weighted by Gasteiger charge is 2.00. The molecule has 0 bridgehead atoms. The van der Waals surface area contributed by atoms with E-state index >= 15 is 0 Å². The van der Waals surface area contributed by atoms with Gasteiger partial charge in [-0.1, -0.05) is 12.1 Å². The molecule has 1 aromatic carbocycles. The Morgan fingerprint density at radius 2 is 1.74 bits per heavy atom. The number of rotatable bonds is 13. The summed E-state index contributed by atoms with van der Waals surface area (Å²) in [5, 5.41) is 8.79.